The number of aromatic nitrogens is 1. The molecule has 2 atom stereocenters. The van der Waals surface area contributed by atoms with Crippen LogP contribution in [-0.2, 0) is 0 Å². The number of anilines is 1. The molecule has 0 aliphatic rings. The van der Waals surface area contributed by atoms with Crippen molar-refractivity contribution in [1.82, 2.24) is 10.3 Å². The van der Waals surface area contributed by atoms with Gasteiger partial charge >= 0.3 is 6.03 Å². The van der Waals surface area contributed by atoms with Crippen LogP contribution in [0.15, 0.2) is 30.5 Å². The van der Waals surface area contributed by atoms with Crippen LogP contribution in [0.3, 0.4) is 0 Å². The first-order valence-corrected chi connectivity index (χ1v) is 6.85. The molecule has 108 valence electrons. The van der Waals surface area contributed by atoms with Gasteiger partial charge in [-0.3, -0.25) is 0 Å². The number of aliphatic hydroxyl groups excluding tert-OH is 1. The molecule has 0 aliphatic carbocycles. The maximum Gasteiger partial charge on any atom is 0.319 e. The lowest BCUT2D eigenvalue weighted by atomic mass is 10.1. The fourth-order valence-electron chi connectivity index (χ4n) is 2.29. The average molecular weight is 275 g/mol. The summed E-state index contributed by atoms with van der Waals surface area (Å²) < 4.78 is 0. The third kappa shape index (κ3) is 3.74. The summed E-state index contributed by atoms with van der Waals surface area (Å²) in [4.78, 5) is 15.0. The van der Waals surface area contributed by atoms with Crippen LogP contribution in [0.5, 0.6) is 0 Å². The van der Waals surface area contributed by atoms with Gasteiger partial charge in [-0.15, -0.1) is 0 Å². The number of nitrogens with one attached hydrogen (secondary N) is 3. The molecular weight excluding hydrogens is 254 g/mol. The minimum Gasteiger partial charge on any atom is -0.393 e. The summed E-state index contributed by atoms with van der Waals surface area (Å²) in [5, 5.41) is 15.9. The number of rotatable bonds is 5. The lowest BCUT2D eigenvalue weighted by Gasteiger charge is -2.15. The Bertz CT molecular complexity index is 577. The fourth-order valence-corrected chi connectivity index (χ4v) is 2.29. The van der Waals surface area contributed by atoms with Gasteiger partial charge in [0.15, 0.2) is 0 Å². The Balaban J connectivity index is 1.90. The Morgan fingerprint density at radius 1 is 1.35 bits per heavy atom. The van der Waals surface area contributed by atoms with Gasteiger partial charge in [0.2, 0.25) is 0 Å². The van der Waals surface area contributed by atoms with E-state index in [0.29, 0.717) is 13.0 Å². The molecule has 0 fully saturated rings. The summed E-state index contributed by atoms with van der Waals surface area (Å²) in [5.74, 6) is 0.240. The number of benzene rings is 1. The molecule has 2 amide bonds. The summed E-state index contributed by atoms with van der Waals surface area (Å²) >= 11 is 0. The lowest BCUT2D eigenvalue weighted by Crippen LogP contribution is -2.33. The summed E-state index contributed by atoms with van der Waals surface area (Å²) in [6, 6.07) is 7.43. The Kier molecular flexibility index (Phi) is 4.63. The number of amides is 2. The van der Waals surface area contributed by atoms with Gasteiger partial charge in [-0.1, -0.05) is 13.0 Å². The Morgan fingerprint density at radius 2 is 2.15 bits per heavy atom. The molecule has 5 nitrogen and oxygen atoms in total. The van der Waals surface area contributed by atoms with E-state index in [1.165, 1.54) is 0 Å². The number of hydrogen-bond acceptors (Lipinski definition) is 2. The second-order valence-electron chi connectivity index (χ2n) is 5.27. The van der Waals surface area contributed by atoms with Crippen LogP contribution in [0.25, 0.3) is 10.9 Å². The summed E-state index contributed by atoms with van der Waals surface area (Å²) in [5.41, 5.74) is 1.77. The first kappa shape index (κ1) is 14.4. The van der Waals surface area contributed by atoms with Crippen molar-refractivity contribution in [2.75, 3.05) is 11.9 Å². The molecule has 2 aromatic rings. The van der Waals surface area contributed by atoms with Crippen molar-refractivity contribution < 1.29 is 9.90 Å². The van der Waals surface area contributed by atoms with Crippen molar-refractivity contribution in [3.8, 4) is 0 Å². The van der Waals surface area contributed by atoms with E-state index in [-0.39, 0.29) is 18.1 Å². The lowest BCUT2D eigenvalue weighted by molar-refractivity contribution is 0.163. The van der Waals surface area contributed by atoms with Crippen molar-refractivity contribution >= 4 is 22.6 Å². The Morgan fingerprint density at radius 3 is 2.90 bits per heavy atom. The monoisotopic (exact) mass is 275 g/mol. The smallest absolute Gasteiger partial charge is 0.319 e. The van der Waals surface area contributed by atoms with Crippen molar-refractivity contribution in [1.29, 1.82) is 0 Å². The molecule has 0 saturated carbocycles. The van der Waals surface area contributed by atoms with Crippen LogP contribution in [0.4, 0.5) is 10.5 Å². The number of hydrogen-bond donors (Lipinski definition) is 4. The van der Waals surface area contributed by atoms with E-state index < -0.39 is 0 Å². The highest BCUT2D eigenvalue weighted by molar-refractivity contribution is 6.00. The molecule has 0 bridgehead atoms. The van der Waals surface area contributed by atoms with Gasteiger partial charge in [0.1, 0.15) is 0 Å². The topological polar surface area (TPSA) is 77.2 Å². The molecule has 1 aromatic heterocycles. The van der Waals surface area contributed by atoms with E-state index in [0.717, 1.165) is 16.6 Å². The molecule has 1 heterocycles. The highest BCUT2D eigenvalue weighted by atomic mass is 16.3. The standard InChI is InChI=1S/C15H21N3O2/c1-10(8-11(2)19)9-17-15(20)18-14-5-3-4-13-12(14)6-7-16-13/h3-7,10-11,16,19H,8-9H2,1-2H3,(H2,17,18,20). The van der Waals surface area contributed by atoms with Gasteiger partial charge in [0.05, 0.1) is 11.8 Å². The van der Waals surface area contributed by atoms with E-state index >= 15 is 0 Å². The zero-order valence-corrected chi connectivity index (χ0v) is 11.8. The molecule has 0 spiro atoms. The van der Waals surface area contributed by atoms with Gasteiger partial charge in [-0.25, -0.2) is 4.79 Å². The van der Waals surface area contributed by atoms with Gasteiger partial charge in [0.25, 0.3) is 0 Å². The molecule has 0 aliphatic heterocycles. The molecule has 2 unspecified atom stereocenters. The number of urea groups is 1. The third-order valence-corrected chi connectivity index (χ3v) is 3.20. The summed E-state index contributed by atoms with van der Waals surface area (Å²) in [7, 11) is 0. The summed E-state index contributed by atoms with van der Waals surface area (Å²) in [6.07, 6.45) is 2.18. The van der Waals surface area contributed by atoms with Crippen LogP contribution in [0, 0.1) is 5.92 Å². The van der Waals surface area contributed by atoms with Gasteiger partial charge < -0.3 is 20.7 Å². The first-order valence-electron chi connectivity index (χ1n) is 6.85. The highest BCUT2D eigenvalue weighted by Gasteiger charge is 2.09. The highest BCUT2D eigenvalue weighted by Crippen LogP contribution is 2.21. The van der Waals surface area contributed by atoms with Gasteiger partial charge in [-0.05, 0) is 37.5 Å². The quantitative estimate of drug-likeness (QED) is 0.677. The number of carbonyl (C=O) groups is 1. The van der Waals surface area contributed by atoms with Crippen molar-refractivity contribution in [2.45, 2.75) is 26.4 Å². The third-order valence-electron chi connectivity index (χ3n) is 3.20. The number of H-pyrrole nitrogens is 1. The minimum absolute atomic E-state index is 0.226. The van der Waals surface area contributed by atoms with E-state index in [9.17, 15) is 9.90 Å². The van der Waals surface area contributed by atoms with Crippen molar-refractivity contribution in [2.24, 2.45) is 5.92 Å². The molecule has 2 rings (SSSR count). The van der Waals surface area contributed by atoms with Crippen LogP contribution < -0.4 is 10.6 Å². The maximum atomic E-state index is 11.9. The largest absolute Gasteiger partial charge is 0.393 e. The predicted octanol–water partition coefficient (Wildman–Crippen LogP) is 2.70. The Hall–Kier alpha value is -2.01. The van der Waals surface area contributed by atoms with E-state index in [4.69, 9.17) is 0 Å². The number of carbonyl (C=O) groups excluding carboxylic acids is 1. The van der Waals surface area contributed by atoms with Crippen LogP contribution in [-0.4, -0.2) is 28.8 Å². The molecule has 0 radical (unpaired) electrons. The van der Waals surface area contributed by atoms with Crippen molar-refractivity contribution in [3.63, 3.8) is 0 Å². The molecule has 5 heteroatoms. The normalized spacial score (nSPS) is 13.9. The number of aromatic amines is 1. The molecule has 20 heavy (non-hydrogen) atoms. The second-order valence-corrected chi connectivity index (χ2v) is 5.27. The zero-order chi connectivity index (χ0) is 14.5. The molecule has 0 saturated heterocycles. The second kappa shape index (κ2) is 6.43. The van der Waals surface area contributed by atoms with Crippen molar-refractivity contribution in [3.05, 3.63) is 30.5 Å². The average Bonchev–Trinajstić information content (AvgIpc) is 2.85. The maximum absolute atomic E-state index is 11.9. The predicted molar refractivity (Wildman–Crippen MR) is 80.8 cm³/mol. The zero-order valence-electron chi connectivity index (χ0n) is 11.8. The van der Waals surface area contributed by atoms with E-state index in [1.54, 1.807) is 6.92 Å². The van der Waals surface area contributed by atoms with Crippen LogP contribution >= 0.6 is 0 Å². The molecule has 4 N–H and O–H groups in total. The fraction of sp³-hybridized carbons (Fsp3) is 0.400. The van der Waals surface area contributed by atoms with Crippen LogP contribution in [0.1, 0.15) is 20.3 Å². The molecule has 1 aromatic carbocycles. The first-order chi connectivity index (χ1) is 9.56. The number of fused-ring (bicyclic) bond motifs is 1. The Labute approximate surface area is 118 Å². The summed E-state index contributed by atoms with van der Waals surface area (Å²) in [6.45, 7) is 4.29. The molecular formula is C15H21N3O2. The van der Waals surface area contributed by atoms with E-state index in [1.807, 2.05) is 37.4 Å². The SMILES string of the molecule is CC(O)CC(C)CNC(=O)Nc1cccc2[nH]ccc12. The van der Waals surface area contributed by atoms with E-state index in [2.05, 4.69) is 15.6 Å². The number of aliphatic hydroxyl groups is 1. The van der Waals surface area contributed by atoms with Gasteiger partial charge in [-0.2, -0.15) is 0 Å². The minimum atomic E-state index is -0.344. The van der Waals surface area contributed by atoms with Crippen LogP contribution in [0.2, 0.25) is 0 Å². The van der Waals surface area contributed by atoms with Gasteiger partial charge in [0, 0.05) is 23.6 Å².